The van der Waals surface area contributed by atoms with E-state index in [1.54, 1.807) is 23.3 Å². The van der Waals surface area contributed by atoms with Gasteiger partial charge in [0, 0.05) is 23.9 Å². The first-order valence-electron chi connectivity index (χ1n) is 8.52. The fourth-order valence-electron chi connectivity index (χ4n) is 4.10. The van der Waals surface area contributed by atoms with Crippen molar-refractivity contribution in [3.8, 4) is 5.82 Å². The number of hydrogen-bond acceptors (Lipinski definition) is 5. The van der Waals surface area contributed by atoms with Crippen LogP contribution < -0.4 is 5.32 Å². The molecule has 124 valence electrons. The van der Waals surface area contributed by atoms with Crippen molar-refractivity contribution in [3.63, 3.8) is 0 Å². The van der Waals surface area contributed by atoms with Gasteiger partial charge in [0.2, 0.25) is 0 Å². The minimum Gasteiger partial charge on any atom is -0.394 e. The fraction of sp³-hybridized carbons (Fsp3) is 0.529. The third-order valence-electron chi connectivity index (χ3n) is 5.74. The lowest BCUT2D eigenvalue weighted by molar-refractivity contribution is 0.0636. The lowest BCUT2D eigenvalue weighted by atomic mass is 9.77. The third kappa shape index (κ3) is 1.94. The topological polar surface area (TPSA) is 92.9 Å². The lowest BCUT2D eigenvalue weighted by Gasteiger charge is -2.40. The van der Waals surface area contributed by atoms with Gasteiger partial charge in [-0.25, -0.2) is 9.67 Å². The summed E-state index contributed by atoms with van der Waals surface area (Å²) in [6, 6.07) is 0. The molecule has 0 bridgehead atoms. The summed E-state index contributed by atoms with van der Waals surface area (Å²) in [4.78, 5) is 21.3. The predicted molar refractivity (Wildman–Crippen MR) is 84.8 cm³/mol. The number of aromatic nitrogens is 4. The monoisotopic (exact) mass is 325 g/mol. The maximum Gasteiger partial charge on any atom is 0.272 e. The number of carbonyl (C=O) groups is 1. The summed E-state index contributed by atoms with van der Waals surface area (Å²) in [5, 5.41) is 17.2. The van der Waals surface area contributed by atoms with Gasteiger partial charge in [0.1, 0.15) is 0 Å². The molecule has 2 fully saturated rings. The molecule has 7 nitrogen and oxygen atoms in total. The number of aliphatic hydroxyl groups is 1. The van der Waals surface area contributed by atoms with Crippen molar-refractivity contribution in [2.24, 2.45) is 5.92 Å². The average molecular weight is 325 g/mol. The second kappa shape index (κ2) is 4.86. The van der Waals surface area contributed by atoms with Crippen LogP contribution in [0.1, 0.15) is 53.3 Å². The van der Waals surface area contributed by atoms with Gasteiger partial charge in [0.25, 0.3) is 5.91 Å². The highest BCUT2D eigenvalue weighted by Crippen LogP contribution is 2.57. The Balaban J connectivity index is 1.53. The van der Waals surface area contributed by atoms with Crippen molar-refractivity contribution in [1.29, 1.82) is 0 Å². The summed E-state index contributed by atoms with van der Waals surface area (Å²) in [5.41, 5.74) is 2.20. The van der Waals surface area contributed by atoms with Gasteiger partial charge < -0.3 is 10.4 Å². The molecule has 0 aromatic carbocycles. The first-order valence-corrected chi connectivity index (χ1v) is 8.52. The van der Waals surface area contributed by atoms with Crippen molar-refractivity contribution in [2.45, 2.75) is 43.6 Å². The van der Waals surface area contributed by atoms with E-state index < -0.39 is 5.54 Å². The largest absolute Gasteiger partial charge is 0.394 e. The zero-order chi connectivity index (χ0) is 16.3. The van der Waals surface area contributed by atoms with Crippen LogP contribution in [0, 0.1) is 5.92 Å². The minimum absolute atomic E-state index is 0.0168. The molecule has 3 aliphatic carbocycles. The second-order valence-corrected chi connectivity index (χ2v) is 7.24. The molecule has 0 spiro atoms. The van der Waals surface area contributed by atoms with Crippen LogP contribution in [0.2, 0.25) is 0 Å². The van der Waals surface area contributed by atoms with E-state index in [4.69, 9.17) is 0 Å². The average Bonchev–Trinajstić information content (AvgIpc) is 3.08. The first-order chi connectivity index (χ1) is 11.7. The molecule has 0 radical (unpaired) electrons. The molecule has 3 aliphatic rings. The van der Waals surface area contributed by atoms with E-state index in [-0.39, 0.29) is 12.5 Å². The van der Waals surface area contributed by atoms with Crippen LogP contribution in [0.5, 0.6) is 0 Å². The van der Waals surface area contributed by atoms with Crippen molar-refractivity contribution >= 4 is 5.91 Å². The Kier molecular flexibility index (Phi) is 2.85. The highest BCUT2D eigenvalue weighted by Gasteiger charge is 2.50. The van der Waals surface area contributed by atoms with Crippen molar-refractivity contribution in [2.75, 3.05) is 6.61 Å². The zero-order valence-electron chi connectivity index (χ0n) is 13.3. The van der Waals surface area contributed by atoms with Crippen molar-refractivity contribution in [3.05, 3.63) is 35.5 Å². The van der Waals surface area contributed by atoms with E-state index in [9.17, 15) is 9.90 Å². The van der Waals surface area contributed by atoms with Crippen molar-refractivity contribution < 1.29 is 9.90 Å². The number of fused-ring (bicyclic) bond motifs is 3. The molecule has 2 atom stereocenters. The number of hydrogen-bond donors (Lipinski definition) is 2. The molecule has 0 saturated heterocycles. The Hall–Kier alpha value is -2.28. The molecule has 2 N–H and O–H groups in total. The molecule has 24 heavy (non-hydrogen) atoms. The number of amides is 1. The van der Waals surface area contributed by atoms with E-state index in [1.807, 2.05) is 0 Å². The smallest absolute Gasteiger partial charge is 0.272 e. The Morgan fingerprint density at radius 3 is 2.96 bits per heavy atom. The summed E-state index contributed by atoms with van der Waals surface area (Å²) in [7, 11) is 0. The maximum atomic E-state index is 12.8. The van der Waals surface area contributed by atoms with Crippen LogP contribution in [-0.2, 0) is 6.42 Å². The molecule has 1 amide bonds. The van der Waals surface area contributed by atoms with Gasteiger partial charge in [-0.15, -0.1) is 0 Å². The molecule has 0 unspecified atom stereocenters. The van der Waals surface area contributed by atoms with E-state index in [0.717, 1.165) is 36.9 Å². The lowest BCUT2D eigenvalue weighted by Crippen LogP contribution is -2.56. The van der Waals surface area contributed by atoms with Gasteiger partial charge in [-0.05, 0) is 38.0 Å². The molecular formula is C17H19N5O2. The van der Waals surface area contributed by atoms with Gasteiger partial charge in [0.15, 0.2) is 11.5 Å². The number of nitrogens with one attached hydrogen (secondary N) is 1. The number of nitrogens with zero attached hydrogens (tertiary/aromatic N) is 4. The molecule has 2 aromatic heterocycles. The standard InChI is InChI=1S/C17H19N5O2/c23-9-17(2-1-3-17)20-16(24)14-12-7-10-6-11(10)15(12)22(21-14)13-8-18-4-5-19-13/h4-5,8,10-11,23H,1-3,6-7,9H2,(H,20,24)/t10-,11-/m1/s1. The summed E-state index contributed by atoms with van der Waals surface area (Å²) in [5.74, 6) is 1.61. The summed E-state index contributed by atoms with van der Waals surface area (Å²) >= 11 is 0. The fourth-order valence-corrected chi connectivity index (χ4v) is 4.10. The Labute approximate surface area is 139 Å². The van der Waals surface area contributed by atoms with E-state index in [0.29, 0.717) is 23.3 Å². The quantitative estimate of drug-likeness (QED) is 0.873. The highest BCUT2D eigenvalue weighted by molar-refractivity contribution is 5.95. The highest BCUT2D eigenvalue weighted by atomic mass is 16.3. The van der Waals surface area contributed by atoms with E-state index in [1.165, 1.54) is 6.42 Å². The number of aliphatic hydroxyl groups excluding tert-OH is 1. The zero-order valence-corrected chi connectivity index (χ0v) is 13.3. The second-order valence-electron chi connectivity index (χ2n) is 7.24. The molecule has 2 aromatic rings. The summed E-state index contributed by atoms with van der Waals surface area (Å²) in [6.07, 6.45) is 9.71. The Morgan fingerprint density at radius 1 is 1.42 bits per heavy atom. The van der Waals surface area contributed by atoms with Gasteiger partial charge in [0.05, 0.1) is 24.0 Å². The minimum atomic E-state index is -0.457. The molecule has 2 heterocycles. The maximum absolute atomic E-state index is 12.8. The van der Waals surface area contributed by atoms with Gasteiger partial charge in [-0.3, -0.25) is 9.78 Å². The predicted octanol–water partition coefficient (Wildman–Crippen LogP) is 0.967. The Bertz CT molecular complexity index is 806. The Morgan fingerprint density at radius 2 is 2.29 bits per heavy atom. The normalized spacial score (nSPS) is 25.5. The van der Waals surface area contributed by atoms with Crippen LogP contribution in [-0.4, -0.2) is 42.9 Å². The van der Waals surface area contributed by atoms with E-state index >= 15 is 0 Å². The number of rotatable bonds is 4. The molecule has 5 rings (SSSR count). The molecule has 2 saturated carbocycles. The molecule has 7 heteroatoms. The first kappa shape index (κ1) is 14.1. The van der Waals surface area contributed by atoms with Crippen LogP contribution in [0.25, 0.3) is 5.82 Å². The van der Waals surface area contributed by atoms with Crippen molar-refractivity contribution in [1.82, 2.24) is 25.1 Å². The van der Waals surface area contributed by atoms with Crippen LogP contribution in [0.4, 0.5) is 0 Å². The summed E-state index contributed by atoms with van der Waals surface area (Å²) < 4.78 is 1.79. The van der Waals surface area contributed by atoms with Gasteiger partial charge >= 0.3 is 0 Å². The van der Waals surface area contributed by atoms with Gasteiger partial charge in [-0.1, -0.05) is 0 Å². The summed E-state index contributed by atoms with van der Waals surface area (Å²) in [6.45, 7) is -0.0168. The third-order valence-corrected chi connectivity index (χ3v) is 5.74. The molecular weight excluding hydrogens is 306 g/mol. The van der Waals surface area contributed by atoms with Crippen LogP contribution >= 0.6 is 0 Å². The molecule has 0 aliphatic heterocycles. The SMILES string of the molecule is O=C(NC1(CO)CCC1)c1nn(-c2cnccn2)c2c1C[C@H]1C[C@@H]21. The van der Waals surface area contributed by atoms with Crippen LogP contribution in [0.3, 0.4) is 0 Å². The van der Waals surface area contributed by atoms with E-state index in [2.05, 4.69) is 20.4 Å². The number of carbonyl (C=O) groups excluding carboxylic acids is 1. The van der Waals surface area contributed by atoms with Gasteiger partial charge in [-0.2, -0.15) is 5.10 Å². The van der Waals surface area contributed by atoms with Crippen LogP contribution in [0.15, 0.2) is 18.6 Å².